The van der Waals surface area contributed by atoms with Gasteiger partial charge in [-0.15, -0.1) is 0 Å². The second-order valence-electron chi connectivity index (χ2n) is 7.35. The van der Waals surface area contributed by atoms with Crippen molar-refractivity contribution in [1.29, 1.82) is 0 Å². The first-order valence-corrected chi connectivity index (χ1v) is 9.66. The van der Waals surface area contributed by atoms with E-state index >= 15 is 0 Å². The maximum atomic E-state index is 13.1. The molecule has 28 heavy (non-hydrogen) atoms. The zero-order valence-electron chi connectivity index (χ0n) is 16.0. The molecule has 0 saturated heterocycles. The van der Waals surface area contributed by atoms with Gasteiger partial charge in [-0.25, -0.2) is 0 Å². The van der Waals surface area contributed by atoms with Crippen LogP contribution in [-0.4, -0.2) is 27.9 Å². The smallest absolute Gasteiger partial charge is 0.254 e. The Morgan fingerprint density at radius 1 is 1.07 bits per heavy atom. The predicted octanol–water partition coefficient (Wildman–Crippen LogP) is 4.46. The first-order chi connectivity index (χ1) is 13.7. The summed E-state index contributed by atoms with van der Waals surface area (Å²) >= 11 is 0. The zero-order chi connectivity index (χ0) is 19.5. The molecule has 1 N–H and O–H groups in total. The fourth-order valence-corrected chi connectivity index (χ4v) is 3.78. The summed E-state index contributed by atoms with van der Waals surface area (Å²) in [6.07, 6.45) is 4.06. The fraction of sp³-hybridized carbons (Fsp3) is 0.250. The van der Waals surface area contributed by atoms with Gasteiger partial charge in [0.1, 0.15) is 0 Å². The Kier molecular flexibility index (Phi) is 5.22. The van der Waals surface area contributed by atoms with E-state index in [4.69, 9.17) is 0 Å². The van der Waals surface area contributed by atoms with Crippen LogP contribution < -0.4 is 0 Å². The molecule has 142 valence electrons. The van der Waals surface area contributed by atoms with E-state index in [1.807, 2.05) is 78.7 Å². The molecule has 1 atom stereocenters. The number of amides is 1. The van der Waals surface area contributed by atoms with Crippen molar-refractivity contribution >= 4 is 5.91 Å². The summed E-state index contributed by atoms with van der Waals surface area (Å²) < 4.78 is 0. The Balaban J connectivity index is 1.58. The van der Waals surface area contributed by atoms with Crippen LogP contribution in [0.25, 0.3) is 11.1 Å². The lowest BCUT2D eigenvalue weighted by atomic mass is 9.98. The number of rotatable bonds is 6. The van der Waals surface area contributed by atoms with Crippen LogP contribution in [0, 0.1) is 5.92 Å². The average Bonchev–Trinajstić information content (AvgIpc) is 3.59. The maximum absolute atomic E-state index is 13.1. The quantitative estimate of drug-likeness (QED) is 0.695. The number of hydrogen-bond donors (Lipinski definition) is 1. The lowest BCUT2D eigenvalue weighted by Gasteiger charge is -2.28. The first-order valence-electron chi connectivity index (χ1n) is 9.66. The van der Waals surface area contributed by atoms with E-state index in [-0.39, 0.29) is 18.6 Å². The van der Waals surface area contributed by atoms with E-state index in [9.17, 15) is 9.90 Å². The number of pyridine rings is 1. The minimum absolute atomic E-state index is 0.00421. The Morgan fingerprint density at radius 3 is 2.43 bits per heavy atom. The van der Waals surface area contributed by atoms with Gasteiger partial charge in [0, 0.05) is 18.8 Å². The topological polar surface area (TPSA) is 53.4 Å². The Labute approximate surface area is 165 Å². The zero-order valence-corrected chi connectivity index (χ0v) is 16.0. The molecular formula is C24H24N2O2. The van der Waals surface area contributed by atoms with Gasteiger partial charge in [0.05, 0.1) is 18.3 Å². The van der Waals surface area contributed by atoms with Gasteiger partial charge in [0.2, 0.25) is 0 Å². The maximum Gasteiger partial charge on any atom is 0.254 e. The molecule has 1 aromatic heterocycles. The van der Waals surface area contributed by atoms with Crippen molar-refractivity contribution in [2.75, 3.05) is 7.05 Å². The van der Waals surface area contributed by atoms with Crippen LogP contribution in [0.1, 0.15) is 40.5 Å². The lowest BCUT2D eigenvalue weighted by molar-refractivity contribution is 0.0707. The summed E-state index contributed by atoms with van der Waals surface area (Å²) in [7, 11) is 1.87. The molecule has 0 aliphatic heterocycles. The van der Waals surface area contributed by atoms with Crippen LogP contribution >= 0.6 is 0 Å². The van der Waals surface area contributed by atoms with Gasteiger partial charge in [0.25, 0.3) is 5.91 Å². The summed E-state index contributed by atoms with van der Waals surface area (Å²) in [5.41, 5.74) is 4.47. The van der Waals surface area contributed by atoms with Crippen molar-refractivity contribution in [1.82, 2.24) is 9.88 Å². The van der Waals surface area contributed by atoms with Crippen LogP contribution in [0.3, 0.4) is 0 Å². The Bertz CT molecular complexity index is 950. The van der Waals surface area contributed by atoms with Gasteiger partial charge in [-0.3, -0.25) is 9.78 Å². The molecule has 3 aromatic rings. The molecule has 4 nitrogen and oxygen atoms in total. The van der Waals surface area contributed by atoms with Gasteiger partial charge in [-0.05, 0) is 59.7 Å². The first kappa shape index (κ1) is 18.4. The number of nitrogens with zero attached hydrogens (tertiary/aromatic N) is 2. The molecule has 1 amide bonds. The number of aliphatic hydroxyl groups is 1. The highest BCUT2D eigenvalue weighted by molar-refractivity contribution is 5.95. The molecule has 1 aliphatic carbocycles. The van der Waals surface area contributed by atoms with Crippen LogP contribution in [0.5, 0.6) is 0 Å². The van der Waals surface area contributed by atoms with Crippen LogP contribution in [-0.2, 0) is 6.61 Å². The van der Waals surface area contributed by atoms with Crippen molar-refractivity contribution in [2.45, 2.75) is 25.5 Å². The summed E-state index contributed by atoms with van der Waals surface area (Å²) in [5, 5.41) is 9.56. The highest BCUT2D eigenvalue weighted by Gasteiger charge is 2.37. The molecule has 1 fully saturated rings. The molecule has 0 bridgehead atoms. The number of aromatic nitrogens is 1. The van der Waals surface area contributed by atoms with Crippen molar-refractivity contribution < 1.29 is 9.90 Å². The second-order valence-corrected chi connectivity index (χ2v) is 7.35. The van der Waals surface area contributed by atoms with Gasteiger partial charge in [-0.2, -0.15) is 0 Å². The Morgan fingerprint density at radius 2 is 1.79 bits per heavy atom. The highest BCUT2D eigenvalue weighted by atomic mass is 16.3. The third-order valence-corrected chi connectivity index (χ3v) is 5.43. The normalized spacial score (nSPS) is 14.5. The van der Waals surface area contributed by atoms with Crippen LogP contribution in [0.4, 0.5) is 0 Å². The average molecular weight is 372 g/mol. The molecule has 2 aromatic carbocycles. The van der Waals surface area contributed by atoms with E-state index in [0.29, 0.717) is 11.5 Å². The van der Waals surface area contributed by atoms with E-state index in [1.165, 1.54) is 0 Å². The predicted molar refractivity (Wildman–Crippen MR) is 110 cm³/mol. The number of benzene rings is 2. The number of aliphatic hydroxyl groups excluding tert-OH is 1. The monoisotopic (exact) mass is 372 g/mol. The minimum Gasteiger partial charge on any atom is -0.392 e. The largest absolute Gasteiger partial charge is 0.392 e. The summed E-state index contributed by atoms with van der Waals surface area (Å²) in [6.45, 7) is -0.00721. The van der Waals surface area contributed by atoms with Crippen LogP contribution in [0.15, 0.2) is 72.9 Å². The molecule has 4 rings (SSSR count). The summed E-state index contributed by atoms with van der Waals surface area (Å²) in [6, 6.07) is 21.3. The van der Waals surface area contributed by atoms with E-state index in [1.54, 1.807) is 6.20 Å². The SMILES string of the molecule is CN(C(=O)c1ccc(-c2ccccc2CO)cc1)[C@@H](c1ccccn1)C1CC1. The molecule has 1 saturated carbocycles. The fourth-order valence-electron chi connectivity index (χ4n) is 3.78. The number of carbonyl (C=O) groups excluding carboxylic acids is 1. The molecule has 4 heteroatoms. The van der Waals surface area contributed by atoms with E-state index in [0.717, 1.165) is 35.2 Å². The van der Waals surface area contributed by atoms with Gasteiger partial charge in [0.15, 0.2) is 0 Å². The number of hydrogen-bond acceptors (Lipinski definition) is 3. The molecular weight excluding hydrogens is 348 g/mol. The summed E-state index contributed by atoms with van der Waals surface area (Å²) in [4.78, 5) is 19.4. The third kappa shape index (κ3) is 3.69. The summed E-state index contributed by atoms with van der Waals surface area (Å²) in [5.74, 6) is 0.490. The molecule has 0 spiro atoms. The lowest BCUT2D eigenvalue weighted by Crippen LogP contribution is -2.33. The molecule has 1 aliphatic rings. The second kappa shape index (κ2) is 7.95. The minimum atomic E-state index is -0.00721. The van der Waals surface area contributed by atoms with Crippen molar-refractivity contribution in [2.24, 2.45) is 5.92 Å². The molecule has 0 unspecified atom stereocenters. The van der Waals surface area contributed by atoms with E-state index in [2.05, 4.69) is 4.98 Å². The third-order valence-electron chi connectivity index (χ3n) is 5.43. The Hall–Kier alpha value is -2.98. The van der Waals surface area contributed by atoms with Crippen molar-refractivity contribution in [3.63, 3.8) is 0 Å². The van der Waals surface area contributed by atoms with Crippen LogP contribution in [0.2, 0.25) is 0 Å². The van der Waals surface area contributed by atoms with Gasteiger partial charge < -0.3 is 10.0 Å². The number of carbonyl (C=O) groups is 1. The molecule has 0 radical (unpaired) electrons. The standard InChI is InChI=1S/C24H24N2O2/c1-26(23(18-11-12-18)22-8-4-5-15-25-22)24(28)19-13-9-17(10-14-19)21-7-3-2-6-20(21)16-27/h2-10,13-15,18,23,27H,11-12,16H2,1H3/t23-/m1/s1. The van der Waals surface area contributed by atoms with Crippen molar-refractivity contribution in [3.8, 4) is 11.1 Å². The molecule has 1 heterocycles. The van der Waals surface area contributed by atoms with Gasteiger partial charge in [-0.1, -0.05) is 42.5 Å². The van der Waals surface area contributed by atoms with E-state index < -0.39 is 0 Å². The van der Waals surface area contributed by atoms with Crippen molar-refractivity contribution in [3.05, 3.63) is 89.7 Å². The van der Waals surface area contributed by atoms with Gasteiger partial charge >= 0.3 is 0 Å². The highest BCUT2D eigenvalue weighted by Crippen LogP contribution is 2.43.